The first-order valence-electron chi connectivity index (χ1n) is 6.97. The predicted octanol–water partition coefficient (Wildman–Crippen LogP) is 1.81. The highest BCUT2D eigenvalue weighted by atomic mass is 35.5. The van der Waals surface area contributed by atoms with Crippen molar-refractivity contribution in [1.82, 2.24) is 29.9 Å². The summed E-state index contributed by atoms with van der Waals surface area (Å²) in [5.41, 5.74) is -0.222. The molecule has 0 aliphatic carbocycles. The van der Waals surface area contributed by atoms with Crippen LogP contribution in [-0.4, -0.2) is 29.9 Å². The highest BCUT2D eigenvalue weighted by Crippen LogP contribution is 2.20. The van der Waals surface area contributed by atoms with Gasteiger partial charge in [-0.15, -0.1) is 0 Å². The van der Waals surface area contributed by atoms with Gasteiger partial charge < -0.3 is 4.52 Å². The summed E-state index contributed by atoms with van der Waals surface area (Å²) < 4.78 is 7.48. The van der Waals surface area contributed by atoms with Crippen molar-refractivity contribution in [3.63, 3.8) is 0 Å². The van der Waals surface area contributed by atoms with Gasteiger partial charge in [0.1, 0.15) is 6.54 Å². The van der Waals surface area contributed by atoms with Crippen molar-refractivity contribution in [2.45, 2.75) is 32.7 Å². The zero-order valence-corrected chi connectivity index (χ0v) is 13.7. The lowest BCUT2D eigenvalue weighted by Gasteiger charge is -2.10. The van der Waals surface area contributed by atoms with Gasteiger partial charge >= 0.3 is 5.69 Å². The van der Waals surface area contributed by atoms with Gasteiger partial charge in [0.2, 0.25) is 5.89 Å². The smallest absolute Gasteiger partial charge is 0.339 e. The molecule has 0 radical (unpaired) electrons. The SMILES string of the molecule is CC(C)(C)c1nc(Cn2nnn(-c3ccccc3Cl)c2=O)no1. The summed E-state index contributed by atoms with van der Waals surface area (Å²) in [6.07, 6.45) is 0. The number of aromatic nitrogens is 6. The van der Waals surface area contributed by atoms with Gasteiger partial charge in [0, 0.05) is 5.41 Å². The molecular weight excluding hydrogens is 320 g/mol. The van der Waals surface area contributed by atoms with E-state index < -0.39 is 5.69 Å². The number of nitrogens with zero attached hydrogens (tertiary/aromatic N) is 6. The summed E-state index contributed by atoms with van der Waals surface area (Å²) in [6.45, 7) is 5.96. The number of para-hydroxylation sites is 1. The van der Waals surface area contributed by atoms with Crippen molar-refractivity contribution in [2.75, 3.05) is 0 Å². The maximum absolute atomic E-state index is 12.4. The monoisotopic (exact) mass is 334 g/mol. The average molecular weight is 335 g/mol. The minimum Gasteiger partial charge on any atom is -0.339 e. The van der Waals surface area contributed by atoms with Gasteiger partial charge in [0.05, 0.1) is 10.7 Å². The van der Waals surface area contributed by atoms with E-state index in [2.05, 4.69) is 20.6 Å². The van der Waals surface area contributed by atoms with Crippen LogP contribution in [0.15, 0.2) is 33.6 Å². The first-order valence-corrected chi connectivity index (χ1v) is 7.35. The molecule has 0 saturated carbocycles. The second-order valence-electron chi connectivity index (χ2n) is 6.05. The van der Waals surface area contributed by atoms with Gasteiger partial charge in [-0.05, 0) is 22.6 Å². The first kappa shape index (κ1) is 15.4. The molecule has 2 heterocycles. The van der Waals surface area contributed by atoms with Gasteiger partial charge in [0.25, 0.3) is 0 Å². The lowest BCUT2D eigenvalue weighted by Crippen LogP contribution is -2.25. The molecule has 3 rings (SSSR count). The molecule has 9 heteroatoms. The Morgan fingerprint density at radius 2 is 1.96 bits per heavy atom. The summed E-state index contributed by atoms with van der Waals surface area (Å²) in [6, 6.07) is 6.90. The molecule has 0 amide bonds. The molecule has 0 spiro atoms. The molecule has 0 aliphatic heterocycles. The largest absolute Gasteiger partial charge is 0.368 e. The summed E-state index contributed by atoms with van der Waals surface area (Å²) in [5, 5.41) is 12.0. The van der Waals surface area contributed by atoms with E-state index in [1.165, 1.54) is 0 Å². The van der Waals surface area contributed by atoms with Crippen molar-refractivity contribution >= 4 is 11.6 Å². The molecule has 23 heavy (non-hydrogen) atoms. The van der Waals surface area contributed by atoms with Crippen LogP contribution in [0, 0.1) is 0 Å². The van der Waals surface area contributed by atoms with Gasteiger partial charge in [-0.25, -0.2) is 4.79 Å². The normalized spacial score (nSPS) is 11.8. The van der Waals surface area contributed by atoms with Crippen LogP contribution in [0.2, 0.25) is 5.02 Å². The molecule has 0 aliphatic rings. The summed E-state index contributed by atoms with van der Waals surface area (Å²) in [5.74, 6) is 0.863. The summed E-state index contributed by atoms with van der Waals surface area (Å²) >= 11 is 6.08. The molecule has 0 saturated heterocycles. The van der Waals surface area contributed by atoms with Crippen molar-refractivity contribution in [3.8, 4) is 5.69 Å². The number of halogens is 1. The van der Waals surface area contributed by atoms with E-state index in [9.17, 15) is 4.79 Å². The van der Waals surface area contributed by atoms with Crippen LogP contribution < -0.4 is 5.69 Å². The molecule has 120 valence electrons. The van der Waals surface area contributed by atoms with Crippen molar-refractivity contribution in [1.29, 1.82) is 0 Å². The minimum absolute atomic E-state index is 0.0723. The Morgan fingerprint density at radius 3 is 2.61 bits per heavy atom. The molecule has 0 atom stereocenters. The van der Waals surface area contributed by atoms with Crippen LogP contribution in [0.5, 0.6) is 0 Å². The predicted molar refractivity (Wildman–Crippen MR) is 82.7 cm³/mol. The second-order valence-corrected chi connectivity index (χ2v) is 6.46. The lowest BCUT2D eigenvalue weighted by molar-refractivity contribution is 0.317. The van der Waals surface area contributed by atoms with E-state index in [1.807, 2.05) is 20.8 Å². The third kappa shape index (κ3) is 3.02. The Hall–Kier alpha value is -2.48. The lowest BCUT2D eigenvalue weighted by atomic mass is 9.97. The van der Waals surface area contributed by atoms with Crippen LogP contribution >= 0.6 is 11.6 Å². The zero-order valence-electron chi connectivity index (χ0n) is 12.9. The average Bonchev–Trinajstić information content (AvgIpc) is 3.08. The first-order chi connectivity index (χ1) is 10.9. The van der Waals surface area contributed by atoms with Gasteiger partial charge in [-0.1, -0.05) is 49.7 Å². The molecular formula is C14H15ClN6O2. The fraction of sp³-hybridized carbons (Fsp3) is 0.357. The quantitative estimate of drug-likeness (QED) is 0.725. The number of tetrazole rings is 1. The topological polar surface area (TPSA) is 91.6 Å². The maximum Gasteiger partial charge on any atom is 0.368 e. The Balaban J connectivity index is 1.90. The number of benzene rings is 1. The number of hydrogen-bond acceptors (Lipinski definition) is 6. The maximum atomic E-state index is 12.4. The Bertz CT molecular complexity index is 889. The number of hydrogen-bond donors (Lipinski definition) is 0. The van der Waals surface area contributed by atoms with Crippen LogP contribution in [-0.2, 0) is 12.0 Å². The van der Waals surface area contributed by atoms with E-state index in [0.717, 1.165) is 9.36 Å². The van der Waals surface area contributed by atoms with E-state index in [0.29, 0.717) is 22.4 Å². The van der Waals surface area contributed by atoms with Crippen LogP contribution in [0.3, 0.4) is 0 Å². The second kappa shape index (κ2) is 5.62. The third-order valence-electron chi connectivity index (χ3n) is 3.12. The molecule has 3 aromatic rings. The highest BCUT2D eigenvalue weighted by Gasteiger charge is 2.22. The zero-order chi connectivity index (χ0) is 16.6. The molecule has 8 nitrogen and oxygen atoms in total. The molecule has 1 aromatic carbocycles. The molecule has 0 N–H and O–H groups in total. The summed E-state index contributed by atoms with van der Waals surface area (Å²) in [7, 11) is 0. The van der Waals surface area contributed by atoms with Crippen molar-refractivity contribution in [2.24, 2.45) is 0 Å². The fourth-order valence-corrected chi connectivity index (χ4v) is 2.12. The third-order valence-corrected chi connectivity index (χ3v) is 3.44. The standard InChI is InChI=1S/C14H15ClN6O2/c1-14(2,3)12-16-11(17-23-12)8-20-13(22)21(19-18-20)10-7-5-4-6-9(10)15/h4-7H,8H2,1-3H3. The molecule has 0 fully saturated rings. The van der Waals surface area contributed by atoms with E-state index in [-0.39, 0.29) is 12.0 Å². The van der Waals surface area contributed by atoms with Crippen molar-refractivity contribution in [3.05, 3.63) is 51.5 Å². The van der Waals surface area contributed by atoms with Gasteiger partial charge in [0.15, 0.2) is 5.82 Å². The van der Waals surface area contributed by atoms with Crippen LogP contribution in [0.25, 0.3) is 5.69 Å². The number of rotatable bonds is 3. The van der Waals surface area contributed by atoms with Crippen molar-refractivity contribution < 1.29 is 4.52 Å². The summed E-state index contributed by atoms with van der Waals surface area (Å²) in [4.78, 5) is 16.7. The van der Waals surface area contributed by atoms with E-state index in [1.54, 1.807) is 24.3 Å². The fourth-order valence-electron chi connectivity index (χ4n) is 1.90. The van der Waals surface area contributed by atoms with Crippen LogP contribution in [0.1, 0.15) is 32.5 Å². The van der Waals surface area contributed by atoms with E-state index in [4.69, 9.17) is 16.1 Å². The van der Waals surface area contributed by atoms with E-state index >= 15 is 0 Å². The Kier molecular flexibility index (Phi) is 3.77. The Morgan fingerprint density at radius 1 is 1.22 bits per heavy atom. The highest BCUT2D eigenvalue weighted by molar-refractivity contribution is 6.32. The van der Waals surface area contributed by atoms with Gasteiger partial charge in [-0.3, -0.25) is 0 Å². The molecule has 0 unspecified atom stereocenters. The minimum atomic E-state index is -0.430. The van der Waals surface area contributed by atoms with Gasteiger partial charge in [-0.2, -0.15) is 14.3 Å². The molecule has 0 bridgehead atoms. The molecule has 2 aromatic heterocycles. The Labute approximate surface area is 136 Å². The van der Waals surface area contributed by atoms with Crippen LogP contribution in [0.4, 0.5) is 0 Å².